The Hall–Kier alpha value is -0.870. The van der Waals surface area contributed by atoms with Gasteiger partial charge in [0.05, 0.1) is 12.2 Å². The number of hydrogen-bond acceptors (Lipinski definition) is 4. The summed E-state index contributed by atoms with van der Waals surface area (Å²) in [6.45, 7) is 3.51. The van der Waals surface area contributed by atoms with Crippen LogP contribution < -0.4 is 5.73 Å². The van der Waals surface area contributed by atoms with Gasteiger partial charge in [-0.1, -0.05) is 0 Å². The Balaban J connectivity index is 2.07. The third-order valence-corrected chi connectivity index (χ3v) is 2.56. The highest BCUT2D eigenvalue weighted by Crippen LogP contribution is 2.27. The van der Waals surface area contributed by atoms with Gasteiger partial charge in [-0.15, -0.1) is 0 Å². The fourth-order valence-corrected chi connectivity index (χ4v) is 1.64. The molecule has 0 radical (unpaired) electrons. The molecule has 78 valence electrons. The van der Waals surface area contributed by atoms with Crippen molar-refractivity contribution in [1.82, 2.24) is 4.98 Å². The van der Waals surface area contributed by atoms with Crippen molar-refractivity contribution in [2.24, 2.45) is 5.73 Å². The van der Waals surface area contributed by atoms with Crippen LogP contribution in [0.2, 0.25) is 0 Å². The lowest BCUT2D eigenvalue weighted by Gasteiger charge is -2.18. The second-order valence-electron chi connectivity index (χ2n) is 3.78. The van der Waals surface area contributed by atoms with Gasteiger partial charge in [0.15, 0.2) is 5.89 Å². The lowest BCUT2D eigenvalue weighted by Crippen LogP contribution is -2.14. The molecule has 1 fully saturated rings. The Morgan fingerprint density at radius 3 is 2.79 bits per heavy atom. The summed E-state index contributed by atoms with van der Waals surface area (Å²) in [4.78, 5) is 4.26. The molecule has 1 unspecified atom stereocenters. The van der Waals surface area contributed by atoms with Crippen LogP contribution in [-0.4, -0.2) is 18.2 Å². The van der Waals surface area contributed by atoms with Crippen LogP contribution >= 0.6 is 0 Å². The van der Waals surface area contributed by atoms with Crippen LogP contribution in [0.5, 0.6) is 0 Å². The van der Waals surface area contributed by atoms with Crippen LogP contribution in [0.1, 0.15) is 43.4 Å². The Morgan fingerprint density at radius 1 is 1.50 bits per heavy atom. The second kappa shape index (κ2) is 4.11. The van der Waals surface area contributed by atoms with Crippen molar-refractivity contribution in [3.63, 3.8) is 0 Å². The first-order valence-electron chi connectivity index (χ1n) is 5.06. The average Bonchev–Trinajstić information content (AvgIpc) is 2.68. The molecule has 1 saturated heterocycles. The molecular formula is C10H16N2O2. The number of oxazole rings is 1. The number of rotatable bonds is 2. The van der Waals surface area contributed by atoms with Gasteiger partial charge in [0.1, 0.15) is 5.76 Å². The first-order valence-corrected chi connectivity index (χ1v) is 5.06. The van der Waals surface area contributed by atoms with E-state index in [9.17, 15) is 0 Å². The molecule has 2 heterocycles. The molecule has 0 saturated carbocycles. The van der Waals surface area contributed by atoms with Crippen molar-refractivity contribution >= 4 is 0 Å². The van der Waals surface area contributed by atoms with E-state index >= 15 is 0 Å². The summed E-state index contributed by atoms with van der Waals surface area (Å²) in [7, 11) is 0. The molecular weight excluding hydrogens is 180 g/mol. The second-order valence-corrected chi connectivity index (χ2v) is 3.78. The number of hydrogen-bond donors (Lipinski definition) is 1. The van der Waals surface area contributed by atoms with E-state index in [1.807, 2.05) is 6.92 Å². The SMILES string of the molecule is CC(N)c1cnc(C2CCOCC2)o1. The van der Waals surface area contributed by atoms with E-state index in [0.29, 0.717) is 5.92 Å². The molecule has 1 aliphatic rings. The van der Waals surface area contributed by atoms with E-state index in [1.165, 1.54) is 0 Å². The van der Waals surface area contributed by atoms with Crippen LogP contribution in [-0.2, 0) is 4.74 Å². The van der Waals surface area contributed by atoms with Gasteiger partial charge in [-0.3, -0.25) is 0 Å². The molecule has 0 aliphatic carbocycles. The van der Waals surface area contributed by atoms with Crippen LogP contribution in [0.3, 0.4) is 0 Å². The van der Waals surface area contributed by atoms with Gasteiger partial charge in [-0.05, 0) is 19.8 Å². The molecule has 1 atom stereocenters. The van der Waals surface area contributed by atoms with Gasteiger partial charge >= 0.3 is 0 Å². The topological polar surface area (TPSA) is 61.3 Å². The fourth-order valence-electron chi connectivity index (χ4n) is 1.64. The minimum Gasteiger partial charge on any atom is -0.444 e. The van der Waals surface area contributed by atoms with Gasteiger partial charge < -0.3 is 14.9 Å². The van der Waals surface area contributed by atoms with Crippen LogP contribution in [0.25, 0.3) is 0 Å². The highest BCUT2D eigenvalue weighted by atomic mass is 16.5. The van der Waals surface area contributed by atoms with Crippen molar-refractivity contribution in [3.05, 3.63) is 17.8 Å². The third-order valence-electron chi connectivity index (χ3n) is 2.56. The zero-order chi connectivity index (χ0) is 9.97. The van der Waals surface area contributed by atoms with Gasteiger partial charge in [0.2, 0.25) is 0 Å². The van der Waals surface area contributed by atoms with Crippen LogP contribution in [0.4, 0.5) is 0 Å². The zero-order valence-electron chi connectivity index (χ0n) is 8.40. The largest absolute Gasteiger partial charge is 0.444 e. The quantitative estimate of drug-likeness (QED) is 0.780. The first kappa shape index (κ1) is 9.68. The average molecular weight is 196 g/mol. The highest BCUT2D eigenvalue weighted by Gasteiger charge is 2.21. The Labute approximate surface area is 83.4 Å². The number of ether oxygens (including phenoxy) is 1. The summed E-state index contributed by atoms with van der Waals surface area (Å²) in [6, 6.07) is -0.0731. The van der Waals surface area contributed by atoms with Crippen molar-refractivity contribution in [2.45, 2.75) is 31.7 Å². The molecule has 2 N–H and O–H groups in total. The summed E-state index contributed by atoms with van der Waals surface area (Å²) in [6.07, 6.45) is 3.73. The molecule has 0 spiro atoms. The van der Waals surface area contributed by atoms with Crippen LogP contribution in [0, 0.1) is 0 Å². The Morgan fingerprint density at radius 2 is 2.21 bits per heavy atom. The number of nitrogens with two attached hydrogens (primary N) is 1. The predicted octanol–water partition coefficient (Wildman–Crippen LogP) is 1.59. The molecule has 0 amide bonds. The van der Waals surface area contributed by atoms with Gasteiger partial charge in [-0.25, -0.2) is 4.98 Å². The van der Waals surface area contributed by atoms with Crippen molar-refractivity contribution in [2.75, 3.05) is 13.2 Å². The van der Waals surface area contributed by atoms with Crippen molar-refractivity contribution < 1.29 is 9.15 Å². The summed E-state index contributed by atoms with van der Waals surface area (Å²) in [5.74, 6) is 2.00. The van der Waals surface area contributed by atoms with Gasteiger partial charge in [-0.2, -0.15) is 0 Å². The third kappa shape index (κ3) is 1.96. The summed E-state index contributed by atoms with van der Waals surface area (Å²) in [5.41, 5.74) is 5.70. The normalized spacial score (nSPS) is 21.0. The van der Waals surface area contributed by atoms with E-state index in [2.05, 4.69) is 4.98 Å². The Bertz CT molecular complexity index is 290. The first-order chi connectivity index (χ1) is 6.77. The van der Waals surface area contributed by atoms with E-state index in [0.717, 1.165) is 37.7 Å². The van der Waals surface area contributed by atoms with E-state index < -0.39 is 0 Å². The standard InChI is InChI=1S/C10H16N2O2/c1-7(11)9-6-12-10(14-9)8-2-4-13-5-3-8/h6-8H,2-5,11H2,1H3. The summed E-state index contributed by atoms with van der Waals surface area (Å²) in [5, 5.41) is 0. The molecule has 14 heavy (non-hydrogen) atoms. The molecule has 4 nitrogen and oxygen atoms in total. The molecule has 4 heteroatoms. The monoisotopic (exact) mass is 196 g/mol. The maximum absolute atomic E-state index is 5.70. The van der Waals surface area contributed by atoms with Crippen molar-refractivity contribution in [3.8, 4) is 0 Å². The highest BCUT2D eigenvalue weighted by molar-refractivity contribution is 5.02. The zero-order valence-corrected chi connectivity index (χ0v) is 8.40. The summed E-state index contributed by atoms with van der Waals surface area (Å²) >= 11 is 0. The molecule has 1 aromatic rings. The molecule has 1 aliphatic heterocycles. The van der Waals surface area contributed by atoms with E-state index in [1.54, 1.807) is 6.20 Å². The minimum absolute atomic E-state index is 0.0731. The molecule has 1 aromatic heterocycles. The van der Waals surface area contributed by atoms with E-state index in [4.69, 9.17) is 14.9 Å². The molecule has 0 aromatic carbocycles. The lowest BCUT2D eigenvalue weighted by atomic mass is 10.0. The maximum atomic E-state index is 5.70. The smallest absolute Gasteiger partial charge is 0.197 e. The van der Waals surface area contributed by atoms with E-state index in [-0.39, 0.29) is 6.04 Å². The van der Waals surface area contributed by atoms with Gasteiger partial charge in [0, 0.05) is 19.1 Å². The molecule has 0 bridgehead atoms. The minimum atomic E-state index is -0.0731. The predicted molar refractivity (Wildman–Crippen MR) is 51.9 cm³/mol. The summed E-state index contributed by atoms with van der Waals surface area (Å²) < 4.78 is 10.9. The van der Waals surface area contributed by atoms with Gasteiger partial charge in [0.25, 0.3) is 0 Å². The maximum Gasteiger partial charge on any atom is 0.197 e. The fraction of sp³-hybridized carbons (Fsp3) is 0.700. The number of aromatic nitrogens is 1. The van der Waals surface area contributed by atoms with Crippen molar-refractivity contribution in [1.29, 1.82) is 0 Å². The Kier molecular flexibility index (Phi) is 2.84. The van der Waals surface area contributed by atoms with Crippen LogP contribution in [0.15, 0.2) is 10.6 Å². The molecule has 2 rings (SSSR count). The number of nitrogens with zero attached hydrogens (tertiary/aromatic N) is 1. The lowest BCUT2D eigenvalue weighted by molar-refractivity contribution is 0.0790.